The van der Waals surface area contributed by atoms with Gasteiger partial charge in [-0.1, -0.05) is 37.9 Å². The molecular weight excluding hydrogens is 264 g/mol. The second kappa shape index (κ2) is 7.73. The molecule has 3 nitrogen and oxygen atoms in total. The van der Waals surface area contributed by atoms with Crippen molar-refractivity contribution in [3.8, 4) is 5.75 Å². The second-order valence-corrected chi connectivity index (χ2v) is 5.36. The Hall–Kier alpha value is -0.770. The number of aliphatic hydroxyl groups excluding tert-OH is 2. The molecule has 4 heteroatoms. The van der Waals surface area contributed by atoms with Gasteiger partial charge in [0.15, 0.2) is 0 Å². The standard InChI is InChI=1S/C15H23ClO3/c1-4-5-13(17)14(18)8-10(2)11-6-7-15(19-3)12(16)9-11/h6-7,9-10,13-14,17-18H,4-5,8H2,1-3H3. The average molecular weight is 287 g/mol. The van der Waals surface area contributed by atoms with Crippen LogP contribution in [0.15, 0.2) is 18.2 Å². The van der Waals surface area contributed by atoms with Gasteiger partial charge in [0.25, 0.3) is 0 Å². The lowest BCUT2D eigenvalue weighted by Gasteiger charge is -2.21. The van der Waals surface area contributed by atoms with Crippen LogP contribution in [0.5, 0.6) is 5.75 Å². The molecule has 0 amide bonds. The summed E-state index contributed by atoms with van der Waals surface area (Å²) in [5, 5.41) is 20.3. The molecule has 0 spiro atoms. The van der Waals surface area contributed by atoms with Crippen molar-refractivity contribution >= 4 is 11.6 Å². The van der Waals surface area contributed by atoms with Gasteiger partial charge in [-0.15, -0.1) is 0 Å². The molecule has 0 aromatic heterocycles. The Labute approximate surface area is 120 Å². The van der Waals surface area contributed by atoms with E-state index in [2.05, 4.69) is 0 Å². The average Bonchev–Trinajstić information content (AvgIpc) is 2.38. The fourth-order valence-corrected chi connectivity index (χ4v) is 2.40. The van der Waals surface area contributed by atoms with Crippen LogP contribution in [-0.4, -0.2) is 29.5 Å². The fourth-order valence-electron chi connectivity index (χ4n) is 2.13. The van der Waals surface area contributed by atoms with Gasteiger partial charge in [-0.05, 0) is 36.5 Å². The van der Waals surface area contributed by atoms with Gasteiger partial charge in [0, 0.05) is 0 Å². The monoisotopic (exact) mass is 286 g/mol. The zero-order valence-electron chi connectivity index (χ0n) is 11.8. The predicted molar refractivity (Wildman–Crippen MR) is 78.0 cm³/mol. The molecule has 0 aliphatic heterocycles. The molecule has 0 saturated heterocycles. The number of rotatable bonds is 7. The van der Waals surface area contributed by atoms with Crippen LogP contribution in [0.1, 0.15) is 44.6 Å². The summed E-state index contributed by atoms with van der Waals surface area (Å²) in [5.41, 5.74) is 1.04. The van der Waals surface area contributed by atoms with E-state index in [9.17, 15) is 10.2 Å². The van der Waals surface area contributed by atoms with E-state index in [1.54, 1.807) is 7.11 Å². The molecule has 0 fully saturated rings. The van der Waals surface area contributed by atoms with E-state index in [1.807, 2.05) is 32.0 Å². The van der Waals surface area contributed by atoms with Crippen LogP contribution in [-0.2, 0) is 0 Å². The van der Waals surface area contributed by atoms with Gasteiger partial charge in [0.1, 0.15) is 5.75 Å². The van der Waals surface area contributed by atoms with Crippen LogP contribution < -0.4 is 4.74 Å². The van der Waals surface area contributed by atoms with Crippen LogP contribution >= 0.6 is 11.6 Å². The zero-order chi connectivity index (χ0) is 14.4. The van der Waals surface area contributed by atoms with Gasteiger partial charge in [-0.3, -0.25) is 0 Å². The van der Waals surface area contributed by atoms with Gasteiger partial charge in [-0.2, -0.15) is 0 Å². The number of halogens is 1. The summed E-state index contributed by atoms with van der Waals surface area (Å²) in [4.78, 5) is 0. The molecule has 0 bridgehead atoms. The van der Waals surface area contributed by atoms with Crippen LogP contribution in [0.2, 0.25) is 5.02 Å². The minimum atomic E-state index is -0.698. The molecule has 1 aromatic rings. The third-order valence-electron chi connectivity index (χ3n) is 3.37. The number of aliphatic hydroxyl groups is 2. The van der Waals surface area contributed by atoms with Crippen molar-refractivity contribution in [2.75, 3.05) is 7.11 Å². The molecule has 1 rings (SSSR count). The summed E-state index contributed by atoms with van der Waals surface area (Å²) < 4.78 is 5.11. The van der Waals surface area contributed by atoms with Crippen LogP contribution in [0.4, 0.5) is 0 Å². The van der Waals surface area contributed by atoms with Crippen molar-refractivity contribution in [2.45, 2.75) is 51.2 Å². The van der Waals surface area contributed by atoms with Crippen molar-refractivity contribution in [3.63, 3.8) is 0 Å². The Morgan fingerprint density at radius 3 is 2.47 bits per heavy atom. The second-order valence-electron chi connectivity index (χ2n) is 4.95. The van der Waals surface area contributed by atoms with E-state index in [0.29, 0.717) is 23.6 Å². The van der Waals surface area contributed by atoms with E-state index in [0.717, 1.165) is 12.0 Å². The van der Waals surface area contributed by atoms with Gasteiger partial charge in [0.05, 0.1) is 24.3 Å². The molecule has 1 aromatic carbocycles. The number of hydrogen-bond donors (Lipinski definition) is 2. The van der Waals surface area contributed by atoms with Crippen molar-refractivity contribution in [1.29, 1.82) is 0 Å². The normalized spacial score (nSPS) is 15.9. The highest BCUT2D eigenvalue weighted by Gasteiger charge is 2.19. The number of benzene rings is 1. The van der Waals surface area contributed by atoms with Gasteiger partial charge < -0.3 is 14.9 Å². The lowest BCUT2D eigenvalue weighted by molar-refractivity contribution is 0.00638. The number of ether oxygens (including phenoxy) is 1. The summed E-state index contributed by atoms with van der Waals surface area (Å²) in [6.45, 7) is 4.00. The third-order valence-corrected chi connectivity index (χ3v) is 3.66. The molecule has 108 valence electrons. The first-order chi connectivity index (χ1) is 8.99. The maximum atomic E-state index is 9.94. The van der Waals surface area contributed by atoms with Crippen molar-refractivity contribution < 1.29 is 14.9 Å². The molecule has 0 aliphatic rings. The van der Waals surface area contributed by atoms with E-state index >= 15 is 0 Å². The van der Waals surface area contributed by atoms with Crippen LogP contribution in [0.3, 0.4) is 0 Å². The molecular formula is C15H23ClO3. The van der Waals surface area contributed by atoms with E-state index in [4.69, 9.17) is 16.3 Å². The Balaban J connectivity index is 2.67. The number of methoxy groups -OCH3 is 1. The Bertz CT molecular complexity index is 395. The molecule has 0 heterocycles. The summed E-state index contributed by atoms with van der Waals surface area (Å²) in [5.74, 6) is 0.772. The quantitative estimate of drug-likeness (QED) is 0.808. The lowest BCUT2D eigenvalue weighted by Crippen LogP contribution is -2.27. The first kappa shape index (κ1) is 16.3. The maximum Gasteiger partial charge on any atom is 0.137 e. The van der Waals surface area contributed by atoms with Gasteiger partial charge in [-0.25, -0.2) is 0 Å². The molecule has 0 saturated carbocycles. The Kier molecular flexibility index (Phi) is 6.63. The molecule has 0 radical (unpaired) electrons. The largest absolute Gasteiger partial charge is 0.495 e. The summed E-state index contributed by atoms with van der Waals surface area (Å²) in [6, 6.07) is 5.61. The SMILES string of the molecule is CCCC(O)C(O)CC(C)c1ccc(OC)c(Cl)c1. The van der Waals surface area contributed by atoms with E-state index < -0.39 is 12.2 Å². The smallest absolute Gasteiger partial charge is 0.137 e. The summed E-state index contributed by atoms with van der Waals surface area (Å²) in [6.07, 6.45) is 0.652. The zero-order valence-corrected chi connectivity index (χ0v) is 12.5. The molecule has 2 N–H and O–H groups in total. The van der Waals surface area contributed by atoms with Crippen molar-refractivity contribution in [3.05, 3.63) is 28.8 Å². The van der Waals surface area contributed by atoms with Crippen LogP contribution in [0.25, 0.3) is 0 Å². The minimum Gasteiger partial charge on any atom is -0.495 e. The molecule has 3 unspecified atom stereocenters. The Morgan fingerprint density at radius 1 is 1.26 bits per heavy atom. The molecule has 0 aliphatic carbocycles. The highest BCUT2D eigenvalue weighted by atomic mass is 35.5. The van der Waals surface area contributed by atoms with Gasteiger partial charge in [0.2, 0.25) is 0 Å². The number of hydrogen-bond acceptors (Lipinski definition) is 3. The van der Waals surface area contributed by atoms with E-state index in [-0.39, 0.29) is 5.92 Å². The first-order valence-electron chi connectivity index (χ1n) is 6.69. The predicted octanol–water partition coefficient (Wildman–Crippen LogP) is 3.36. The summed E-state index contributed by atoms with van der Waals surface area (Å²) >= 11 is 6.09. The first-order valence-corrected chi connectivity index (χ1v) is 7.06. The Morgan fingerprint density at radius 2 is 1.95 bits per heavy atom. The van der Waals surface area contributed by atoms with Crippen LogP contribution in [0, 0.1) is 0 Å². The third kappa shape index (κ3) is 4.68. The highest BCUT2D eigenvalue weighted by Crippen LogP contribution is 2.30. The maximum absolute atomic E-state index is 9.94. The fraction of sp³-hybridized carbons (Fsp3) is 0.600. The topological polar surface area (TPSA) is 49.7 Å². The van der Waals surface area contributed by atoms with E-state index in [1.165, 1.54) is 0 Å². The minimum absolute atomic E-state index is 0.130. The van der Waals surface area contributed by atoms with Gasteiger partial charge >= 0.3 is 0 Å². The van der Waals surface area contributed by atoms with Crippen molar-refractivity contribution in [2.24, 2.45) is 0 Å². The lowest BCUT2D eigenvalue weighted by atomic mass is 9.92. The summed E-state index contributed by atoms with van der Waals surface area (Å²) in [7, 11) is 1.58. The highest BCUT2D eigenvalue weighted by molar-refractivity contribution is 6.32. The molecule has 19 heavy (non-hydrogen) atoms. The molecule has 3 atom stereocenters. The van der Waals surface area contributed by atoms with Crippen molar-refractivity contribution in [1.82, 2.24) is 0 Å².